The lowest BCUT2D eigenvalue weighted by atomic mass is 9.83. The molecule has 0 saturated heterocycles. The van der Waals surface area contributed by atoms with Crippen LogP contribution in [-0.2, 0) is 33.6 Å². The molecule has 2 aliphatic rings. The largest absolute Gasteiger partial charge is 0.494 e. The van der Waals surface area contributed by atoms with Crippen molar-refractivity contribution in [3.05, 3.63) is 65.7 Å². The molecule has 0 spiro atoms. The first kappa shape index (κ1) is 40.5. The Kier molecular flexibility index (Phi) is 15.8. The van der Waals surface area contributed by atoms with Crippen LogP contribution in [0.5, 0.6) is 5.75 Å². The van der Waals surface area contributed by atoms with E-state index in [-0.39, 0.29) is 24.7 Å². The lowest BCUT2D eigenvalue weighted by Crippen LogP contribution is -2.55. The maximum Gasteiger partial charge on any atom is 0.330 e. The van der Waals surface area contributed by atoms with E-state index in [1.54, 1.807) is 49.4 Å². The summed E-state index contributed by atoms with van der Waals surface area (Å²) in [6, 6.07) is 9.88. The molecular weight excluding hydrogens is 682 g/mol. The number of hydrogen-bond acceptors (Lipinski definition) is 8. The summed E-state index contributed by atoms with van der Waals surface area (Å²) in [4.78, 5) is 91.9. The fourth-order valence-electron chi connectivity index (χ4n) is 6.72. The number of amides is 5. The summed E-state index contributed by atoms with van der Waals surface area (Å²) in [6.45, 7) is 1.50. The number of carboxylic acid groups (broad SMARTS) is 1. The van der Waals surface area contributed by atoms with Crippen LogP contribution in [0.1, 0.15) is 107 Å². The Labute approximate surface area is 309 Å². The summed E-state index contributed by atoms with van der Waals surface area (Å²) in [6.07, 6.45) is 8.30. The molecule has 1 aliphatic heterocycles. The van der Waals surface area contributed by atoms with Crippen molar-refractivity contribution >= 4 is 41.3 Å². The maximum absolute atomic E-state index is 14.1. The van der Waals surface area contributed by atoms with Gasteiger partial charge in [-0.25, -0.2) is 4.79 Å². The van der Waals surface area contributed by atoms with E-state index in [1.165, 1.54) is 12.1 Å². The highest BCUT2D eigenvalue weighted by Gasteiger charge is 2.36. The summed E-state index contributed by atoms with van der Waals surface area (Å²) >= 11 is 0. The molecule has 5 amide bonds. The molecule has 4 atom stereocenters. The van der Waals surface area contributed by atoms with Gasteiger partial charge in [-0.15, -0.1) is 0 Å². The van der Waals surface area contributed by atoms with E-state index in [4.69, 9.17) is 4.74 Å². The third-order valence-corrected chi connectivity index (χ3v) is 9.56. The van der Waals surface area contributed by atoms with Crippen molar-refractivity contribution in [3.63, 3.8) is 0 Å². The number of carboxylic acids is 1. The highest BCUT2D eigenvalue weighted by molar-refractivity contribution is 6.38. The molecule has 1 unspecified atom stereocenters. The number of fused-ring (bicyclic) bond motifs is 2. The Bertz CT molecular complexity index is 1590. The fraction of sp³-hybridized carbons (Fsp3) is 0.513. The fourth-order valence-corrected chi connectivity index (χ4v) is 6.72. The van der Waals surface area contributed by atoms with Gasteiger partial charge in [-0.1, -0.05) is 87.9 Å². The van der Waals surface area contributed by atoms with Crippen LogP contribution in [-0.4, -0.2) is 71.6 Å². The normalized spacial score (nSPS) is 19.9. The van der Waals surface area contributed by atoms with Crippen molar-refractivity contribution in [3.8, 4) is 5.75 Å². The van der Waals surface area contributed by atoms with Gasteiger partial charge in [0.05, 0.1) is 19.2 Å². The molecule has 6 N–H and O–H groups in total. The number of ether oxygens (including phenoxy) is 1. The highest BCUT2D eigenvalue weighted by Crippen LogP contribution is 2.28. The van der Waals surface area contributed by atoms with Gasteiger partial charge >= 0.3 is 5.97 Å². The molecule has 14 heteroatoms. The molecule has 2 aromatic rings. The van der Waals surface area contributed by atoms with Crippen molar-refractivity contribution in [2.24, 2.45) is 5.92 Å². The Balaban J connectivity index is 1.51. The molecule has 2 aromatic carbocycles. The number of aliphatic carboxylic acids is 1. The number of ketones is 1. The zero-order chi connectivity index (χ0) is 38.2. The summed E-state index contributed by atoms with van der Waals surface area (Å²) in [5.41, 5.74) is 0.700. The Morgan fingerprint density at radius 3 is 2.30 bits per heavy atom. The second-order valence-corrected chi connectivity index (χ2v) is 13.6. The molecule has 2 bridgehead atoms. The van der Waals surface area contributed by atoms with Gasteiger partial charge in [0.25, 0.3) is 5.91 Å². The Hall–Kier alpha value is -5.27. The number of hydrogen-bond donors (Lipinski definition) is 6. The number of rotatable bonds is 12. The number of Topliss-reactive ketones (excluding diaryl/α,β-unsaturated/α-hetero) is 1. The van der Waals surface area contributed by atoms with Crippen molar-refractivity contribution < 1.29 is 43.4 Å². The highest BCUT2D eigenvalue weighted by atomic mass is 16.5. The molecule has 53 heavy (non-hydrogen) atoms. The summed E-state index contributed by atoms with van der Waals surface area (Å²) in [7, 11) is 0. The van der Waals surface area contributed by atoms with E-state index in [1.807, 2.05) is 0 Å². The van der Waals surface area contributed by atoms with Gasteiger partial charge in [0.1, 0.15) is 17.8 Å². The van der Waals surface area contributed by atoms with Gasteiger partial charge in [-0.05, 0) is 61.3 Å². The van der Waals surface area contributed by atoms with E-state index < -0.39 is 66.1 Å². The zero-order valence-corrected chi connectivity index (χ0v) is 30.2. The van der Waals surface area contributed by atoms with Gasteiger partial charge in [0.2, 0.25) is 29.4 Å². The van der Waals surface area contributed by atoms with Gasteiger partial charge in [-0.2, -0.15) is 0 Å². The van der Waals surface area contributed by atoms with E-state index in [0.29, 0.717) is 36.3 Å². The Morgan fingerprint density at radius 2 is 1.58 bits per heavy atom. The van der Waals surface area contributed by atoms with E-state index in [2.05, 4.69) is 26.6 Å². The molecule has 1 saturated carbocycles. The van der Waals surface area contributed by atoms with Crippen molar-refractivity contribution in [1.29, 1.82) is 0 Å². The van der Waals surface area contributed by atoms with E-state index in [0.717, 1.165) is 51.4 Å². The first-order valence-electron chi connectivity index (χ1n) is 18.6. The molecule has 286 valence electrons. The maximum atomic E-state index is 14.1. The average molecular weight is 734 g/mol. The zero-order valence-electron chi connectivity index (χ0n) is 30.2. The van der Waals surface area contributed by atoms with Crippen LogP contribution in [0.4, 0.5) is 0 Å². The second kappa shape index (κ2) is 20.7. The van der Waals surface area contributed by atoms with Crippen molar-refractivity contribution in [2.45, 2.75) is 108 Å². The minimum Gasteiger partial charge on any atom is -0.494 e. The monoisotopic (exact) mass is 733 g/mol. The Morgan fingerprint density at radius 1 is 0.868 bits per heavy atom. The minimum absolute atomic E-state index is 0.0733. The van der Waals surface area contributed by atoms with Gasteiger partial charge in [0, 0.05) is 6.42 Å². The third kappa shape index (κ3) is 12.4. The van der Waals surface area contributed by atoms with Crippen LogP contribution in [0, 0.1) is 5.92 Å². The van der Waals surface area contributed by atoms with Gasteiger partial charge < -0.3 is 36.4 Å². The number of carbonyl (C=O) groups excluding carboxylic acids is 6. The van der Waals surface area contributed by atoms with Crippen LogP contribution in [0.25, 0.3) is 0 Å². The summed E-state index contributed by atoms with van der Waals surface area (Å²) in [5.74, 6) is -5.44. The van der Waals surface area contributed by atoms with Crippen LogP contribution in [0.3, 0.4) is 0 Å². The average Bonchev–Trinajstić information content (AvgIpc) is 3.16. The lowest BCUT2D eigenvalue weighted by Gasteiger charge is -2.32. The van der Waals surface area contributed by atoms with E-state index >= 15 is 0 Å². The molecule has 1 fully saturated rings. The van der Waals surface area contributed by atoms with Crippen LogP contribution in [0.2, 0.25) is 0 Å². The van der Waals surface area contributed by atoms with E-state index in [9.17, 15) is 38.7 Å². The molecule has 14 nitrogen and oxygen atoms in total. The molecule has 0 aromatic heterocycles. The summed E-state index contributed by atoms with van der Waals surface area (Å²) in [5, 5.41) is 22.6. The van der Waals surface area contributed by atoms with Crippen molar-refractivity contribution in [1.82, 2.24) is 26.6 Å². The molecular formula is C39H51N5O9. The van der Waals surface area contributed by atoms with Crippen molar-refractivity contribution in [2.75, 3.05) is 13.2 Å². The molecule has 1 aliphatic carbocycles. The molecule has 4 rings (SSSR count). The molecule has 1 heterocycles. The first-order valence-corrected chi connectivity index (χ1v) is 18.6. The standard InChI is InChI=1S/C39H51N5O9/c1-2-14-29(35(47)38(50)40-24-31(46)43-34(39(51)52)26-17-9-6-10-18-26)41-36(48)33-27-19-13-20-28(23-27)53-22-12-4-3-11-21-30(45)42-32(37(49)44-33)25-15-7-5-8-16-25/h6,9-10,13,17-20,23,25,29,32-34H,2-5,7-8,11-12,14-16,21-22,24H2,1H3,(H,40,50)(H,41,48)(H,42,45)(H,43,46)(H,44,49)(H,51,52)/t29?,32-,33-,34-/m0/s1. The topological polar surface area (TPSA) is 209 Å². The van der Waals surface area contributed by atoms with Crippen LogP contribution < -0.4 is 31.3 Å². The smallest absolute Gasteiger partial charge is 0.330 e. The SMILES string of the molecule is CCCC(NC(=O)[C@H]1NC(=O)[C@H](C2CCCCC2)NC(=O)CCCCCCOc2cccc1c2)C(=O)C(=O)NCC(=O)N[C@H](C(=O)O)c1ccccc1. The summed E-state index contributed by atoms with van der Waals surface area (Å²) < 4.78 is 5.94. The second-order valence-electron chi connectivity index (χ2n) is 13.6. The minimum atomic E-state index is -1.37. The number of carbonyl (C=O) groups is 7. The third-order valence-electron chi connectivity index (χ3n) is 9.56. The van der Waals surface area contributed by atoms with Gasteiger partial charge in [-0.3, -0.25) is 28.8 Å². The van der Waals surface area contributed by atoms with Crippen LogP contribution in [0.15, 0.2) is 54.6 Å². The predicted molar refractivity (Wildman–Crippen MR) is 194 cm³/mol. The molecule has 0 radical (unpaired) electrons. The first-order chi connectivity index (χ1) is 25.6. The van der Waals surface area contributed by atoms with Gasteiger partial charge in [0.15, 0.2) is 6.04 Å². The predicted octanol–water partition coefficient (Wildman–Crippen LogP) is 3.16. The lowest BCUT2D eigenvalue weighted by molar-refractivity contribution is -0.142. The quantitative estimate of drug-likeness (QED) is 0.177. The van der Waals surface area contributed by atoms with Crippen LogP contribution >= 0.6 is 0 Å². The number of benzene rings is 2. The number of nitrogens with one attached hydrogen (secondary N) is 5.